The van der Waals surface area contributed by atoms with Gasteiger partial charge in [0, 0.05) is 11.4 Å². The number of ether oxygens (including phenoxy) is 1. The molecule has 0 bridgehead atoms. The first-order valence-electron chi connectivity index (χ1n) is 10.3. The van der Waals surface area contributed by atoms with E-state index in [0.717, 1.165) is 42.6 Å². The first kappa shape index (κ1) is 21.4. The van der Waals surface area contributed by atoms with Crippen LogP contribution in [-0.4, -0.2) is 30.5 Å². The van der Waals surface area contributed by atoms with E-state index in [4.69, 9.17) is 4.74 Å². The third kappa shape index (κ3) is 5.17. The van der Waals surface area contributed by atoms with Crippen LogP contribution >= 0.6 is 11.3 Å². The van der Waals surface area contributed by atoms with Gasteiger partial charge >= 0.3 is 0 Å². The van der Waals surface area contributed by atoms with Crippen molar-refractivity contribution in [1.82, 2.24) is 4.90 Å². The maximum absolute atomic E-state index is 12.9. The topological polar surface area (TPSA) is 65.4 Å². The lowest BCUT2D eigenvalue weighted by Crippen LogP contribution is -2.39. The monoisotopic (exact) mass is 411 g/mol. The predicted molar refractivity (Wildman–Crippen MR) is 117 cm³/mol. The molecule has 29 heavy (non-hydrogen) atoms. The van der Waals surface area contributed by atoms with Crippen LogP contribution in [0.2, 0.25) is 0 Å². The van der Waals surface area contributed by atoms with E-state index in [-0.39, 0.29) is 11.9 Å². The maximum Gasteiger partial charge on any atom is 0.242 e. The van der Waals surface area contributed by atoms with Crippen LogP contribution in [0.1, 0.15) is 54.7 Å². The minimum absolute atomic E-state index is 0.0775. The van der Waals surface area contributed by atoms with Gasteiger partial charge in [-0.2, -0.15) is 5.26 Å². The molecule has 1 aliphatic rings. The lowest BCUT2D eigenvalue weighted by molar-refractivity contribution is -0.120. The van der Waals surface area contributed by atoms with E-state index in [1.165, 1.54) is 11.3 Å². The van der Waals surface area contributed by atoms with Crippen molar-refractivity contribution in [3.05, 3.63) is 45.8 Å². The van der Waals surface area contributed by atoms with Gasteiger partial charge < -0.3 is 10.1 Å². The second-order valence-corrected chi connectivity index (χ2v) is 8.64. The fourth-order valence-electron chi connectivity index (χ4n) is 3.65. The second kappa shape index (κ2) is 9.91. The number of likely N-dealkylation sites (N-methyl/N-ethyl adjacent to an activating group) is 1. The molecular weight excluding hydrogens is 382 g/mol. The number of nitriles is 1. The Hall–Kier alpha value is -2.36. The van der Waals surface area contributed by atoms with E-state index in [2.05, 4.69) is 11.4 Å². The zero-order chi connectivity index (χ0) is 20.8. The molecule has 6 heteroatoms. The smallest absolute Gasteiger partial charge is 0.242 e. The molecule has 0 aliphatic heterocycles. The minimum Gasteiger partial charge on any atom is -0.494 e. The predicted octanol–water partition coefficient (Wildman–Crippen LogP) is 4.75. The highest BCUT2D eigenvalue weighted by atomic mass is 32.1. The summed E-state index contributed by atoms with van der Waals surface area (Å²) >= 11 is 1.58. The average Bonchev–Trinajstić information content (AvgIpc) is 2.87. The standard InChI is InChI=1S/C23H29N3O2S/c1-4-28-18-12-10-17(11-13-18)15-26(3)16(2)22(27)25-23-20(14-24)19-8-6-5-7-9-21(19)29-23/h10-13,16H,4-9,15H2,1-3H3,(H,25,27)/t16-/m1/s1. The Morgan fingerprint density at radius 3 is 2.69 bits per heavy atom. The zero-order valence-electron chi connectivity index (χ0n) is 17.5. The van der Waals surface area contributed by atoms with E-state index >= 15 is 0 Å². The zero-order valence-corrected chi connectivity index (χ0v) is 18.3. The molecule has 1 amide bonds. The highest BCUT2D eigenvalue weighted by Gasteiger charge is 2.24. The van der Waals surface area contributed by atoms with Gasteiger partial charge in [-0.3, -0.25) is 9.69 Å². The molecule has 0 saturated heterocycles. The molecule has 0 saturated carbocycles. The molecule has 1 aromatic heterocycles. The van der Waals surface area contributed by atoms with Crippen LogP contribution < -0.4 is 10.1 Å². The van der Waals surface area contributed by atoms with Crippen molar-refractivity contribution in [3.8, 4) is 11.8 Å². The number of nitrogens with one attached hydrogen (secondary N) is 1. The summed E-state index contributed by atoms with van der Waals surface area (Å²) in [5.41, 5.74) is 2.94. The number of nitrogens with zero attached hydrogens (tertiary/aromatic N) is 2. The Kier molecular flexibility index (Phi) is 7.29. The fraction of sp³-hybridized carbons (Fsp3) is 0.478. The molecule has 0 spiro atoms. The van der Waals surface area contributed by atoms with Crippen molar-refractivity contribution in [2.75, 3.05) is 19.0 Å². The lowest BCUT2D eigenvalue weighted by Gasteiger charge is -2.24. The summed E-state index contributed by atoms with van der Waals surface area (Å²) in [5, 5.41) is 13.4. The van der Waals surface area contributed by atoms with Gasteiger partial charge in [0.05, 0.1) is 18.2 Å². The van der Waals surface area contributed by atoms with Gasteiger partial charge in [-0.25, -0.2) is 0 Å². The summed E-state index contributed by atoms with van der Waals surface area (Å²) in [6.07, 6.45) is 5.44. The van der Waals surface area contributed by atoms with E-state index in [1.807, 2.05) is 50.1 Å². The number of rotatable bonds is 7. The normalized spacial score (nSPS) is 14.6. The van der Waals surface area contributed by atoms with Crippen LogP contribution in [0.4, 0.5) is 5.00 Å². The molecule has 2 aromatic rings. The molecule has 3 rings (SSSR count). The van der Waals surface area contributed by atoms with E-state index in [9.17, 15) is 10.1 Å². The van der Waals surface area contributed by atoms with Crippen LogP contribution in [0.15, 0.2) is 24.3 Å². The summed E-state index contributed by atoms with van der Waals surface area (Å²) in [6.45, 7) is 5.17. The van der Waals surface area contributed by atoms with Crippen molar-refractivity contribution in [2.24, 2.45) is 0 Å². The number of hydrogen-bond donors (Lipinski definition) is 1. The number of carbonyl (C=O) groups excluding carboxylic acids is 1. The third-order valence-corrected chi connectivity index (χ3v) is 6.68. The first-order valence-corrected chi connectivity index (χ1v) is 11.1. The molecule has 1 heterocycles. The van der Waals surface area contributed by atoms with Gasteiger partial charge in [-0.1, -0.05) is 18.6 Å². The summed E-state index contributed by atoms with van der Waals surface area (Å²) in [6, 6.07) is 9.98. The Balaban J connectivity index is 1.65. The van der Waals surface area contributed by atoms with Gasteiger partial charge in [-0.05, 0) is 69.8 Å². The molecule has 1 N–H and O–H groups in total. The highest BCUT2D eigenvalue weighted by Crippen LogP contribution is 2.37. The number of anilines is 1. The number of fused-ring (bicyclic) bond motifs is 1. The molecule has 1 aliphatic carbocycles. The molecule has 0 unspecified atom stereocenters. The molecule has 5 nitrogen and oxygen atoms in total. The van der Waals surface area contributed by atoms with Crippen molar-refractivity contribution in [3.63, 3.8) is 0 Å². The SMILES string of the molecule is CCOc1ccc(CN(C)[C@H](C)C(=O)Nc2sc3c(c2C#N)CCCCC3)cc1. The Bertz CT molecular complexity index is 883. The number of hydrogen-bond acceptors (Lipinski definition) is 5. The summed E-state index contributed by atoms with van der Waals surface area (Å²) in [4.78, 5) is 16.1. The van der Waals surface area contributed by atoms with Crippen molar-refractivity contribution in [2.45, 2.75) is 58.5 Å². The van der Waals surface area contributed by atoms with Crippen molar-refractivity contribution >= 4 is 22.2 Å². The average molecular weight is 412 g/mol. The van der Waals surface area contributed by atoms with Crippen molar-refractivity contribution < 1.29 is 9.53 Å². The molecule has 0 fully saturated rings. The van der Waals surface area contributed by atoms with E-state index < -0.39 is 0 Å². The third-order valence-electron chi connectivity index (χ3n) is 5.48. The number of amides is 1. The van der Waals surface area contributed by atoms with Crippen LogP contribution in [0.5, 0.6) is 5.75 Å². The quantitative estimate of drug-likeness (QED) is 0.668. The number of benzene rings is 1. The molecule has 154 valence electrons. The second-order valence-electron chi connectivity index (χ2n) is 7.54. The van der Waals surface area contributed by atoms with Gasteiger partial charge in [0.1, 0.15) is 16.8 Å². The molecule has 1 aromatic carbocycles. The van der Waals surface area contributed by atoms with Crippen LogP contribution in [0.3, 0.4) is 0 Å². The highest BCUT2D eigenvalue weighted by molar-refractivity contribution is 7.16. The van der Waals surface area contributed by atoms with Crippen molar-refractivity contribution in [1.29, 1.82) is 5.26 Å². The Morgan fingerprint density at radius 2 is 2.00 bits per heavy atom. The van der Waals surface area contributed by atoms with Gasteiger partial charge in [0.15, 0.2) is 0 Å². The molecular formula is C23H29N3O2S. The Labute approximate surface area is 177 Å². The van der Waals surface area contributed by atoms with Crippen LogP contribution in [0, 0.1) is 11.3 Å². The summed E-state index contributed by atoms with van der Waals surface area (Å²) < 4.78 is 5.48. The van der Waals surface area contributed by atoms with Gasteiger partial charge in [-0.15, -0.1) is 11.3 Å². The largest absolute Gasteiger partial charge is 0.494 e. The van der Waals surface area contributed by atoms with Crippen LogP contribution in [0.25, 0.3) is 0 Å². The lowest BCUT2D eigenvalue weighted by atomic mass is 10.1. The minimum atomic E-state index is -0.310. The Morgan fingerprint density at radius 1 is 1.28 bits per heavy atom. The number of aryl methyl sites for hydroxylation is 1. The summed E-state index contributed by atoms with van der Waals surface area (Å²) in [7, 11) is 1.94. The summed E-state index contributed by atoms with van der Waals surface area (Å²) in [5.74, 6) is 0.775. The van der Waals surface area contributed by atoms with Crippen LogP contribution in [-0.2, 0) is 24.2 Å². The maximum atomic E-state index is 12.9. The van der Waals surface area contributed by atoms with E-state index in [1.54, 1.807) is 11.3 Å². The van der Waals surface area contributed by atoms with Gasteiger partial charge in [0.2, 0.25) is 5.91 Å². The molecule has 1 atom stereocenters. The van der Waals surface area contributed by atoms with E-state index in [0.29, 0.717) is 23.7 Å². The number of carbonyl (C=O) groups is 1. The fourth-order valence-corrected chi connectivity index (χ4v) is 4.89. The molecule has 0 radical (unpaired) electrons. The number of thiophene rings is 1. The van der Waals surface area contributed by atoms with Gasteiger partial charge in [0.25, 0.3) is 0 Å². The first-order chi connectivity index (χ1) is 14.0.